The fourth-order valence-electron chi connectivity index (χ4n) is 1.72. The van der Waals surface area contributed by atoms with Crippen LogP contribution in [0, 0.1) is 0 Å². The number of methoxy groups -OCH3 is 1. The molecule has 1 rings (SSSR count). The number of aliphatic carboxylic acids is 1. The number of nitrogens with two attached hydrogens (primary N) is 1. The van der Waals surface area contributed by atoms with Crippen LogP contribution < -0.4 is 15.2 Å². The molecule has 0 saturated heterocycles. The molecule has 0 aromatic heterocycles. The second kappa shape index (κ2) is 6.86. The molecule has 0 bridgehead atoms. The van der Waals surface area contributed by atoms with E-state index in [0.29, 0.717) is 24.5 Å². The van der Waals surface area contributed by atoms with E-state index in [1.54, 1.807) is 13.2 Å². The Kier molecular flexibility index (Phi) is 5.45. The normalized spacial score (nSPS) is 11.9. The summed E-state index contributed by atoms with van der Waals surface area (Å²) in [5, 5.41) is 8.67. The highest BCUT2D eigenvalue weighted by Gasteiger charge is 2.17. The highest BCUT2D eigenvalue weighted by molar-refractivity contribution is 5.66. The van der Waals surface area contributed by atoms with Crippen LogP contribution in [0.1, 0.15) is 31.4 Å². The van der Waals surface area contributed by atoms with Gasteiger partial charge >= 0.3 is 5.97 Å². The van der Waals surface area contributed by atoms with Gasteiger partial charge in [-0.2, -0.15) is 0 Å². The standard InChI is InChI=1S/C13H19NO4/c1-3-18-13-9(5-4-6-11(13)17-2)10(14)7-8-12(15)16/h4-6,10H,3,7-8,14H2,1-2H3,(H,15,16). The maximum Gasteiger partial charge on any atom is 0.303 e. The maximum atomic E-state index is 10.6. The molecule has 0 spiro atoms. The van der Waals surface area contributed by atoms with Crippen molar-refractivity contribution in [1.29, 1.82) is 0 Å². The summed E-state index contributed by atoms with van der Waals surface area (Å²) in [5.74, 6) is 0.354. The Labute approximate surface area is 107 Å². The number of benzene rings is 1. The Hall–Kier alpha value is -1.75. The topological polar surface area (TPSA) is 81.8 Å². The molecule has 0 fully saturated rings. The molecule has 0 heterocycles. The minimum absolute atomic E-state index is 0.0317. The molecule has 0 radical (unpaired) electrons. The molecule has 5 nitrogen and oxygen atoms in total. The van der Waals surface area contributed by atoms with Crippen LogP contribution in [0.5, 0.6) is 11.5 Å². The quantitative estimate of drug-likeness (QED) is 0.776. The lowest BCUT2D eigenvalue weighted by molar-refractivity contribution is -0.137. The van der Waals surface area contributed by atoms with E-state index in [1.165, 1.54) is 0 Å². The number of hydrogen-bond donors (Lipinski definition) is 2. The van der Waals surface area contributed by atoms with Crippen LogP contribution >= 0.6 is 0 Å². The van der Waals surface area contributed by atoms with Gasteiger partial charge in [-0.05, 0) is 19.4 Å². The molecule has 1 aromatic rings. The molecule has 0 saturated carbocycles. The molecule has 1 unspecified atom stereocenters. The van der Waals surface area contributed by atoms with Crippen molar-refractivity contribution < 1.29 is 19.4 Å². The third kappa shape index (κ3) is 3.63. The lowest BCUT2D eigenvalue weighted by Crippen LogP contribution is -2.14. The summed E-state index contributed by atoms with van der Waals surface area (Å²) in [5.41, 5.74) is 6.77. The third-order valence-electron chi connectivity index (χ3n) is 2.59. The SMILES string of the molecule is CCOc1c(OC)cccc1C(N)CCC(=O)O. The van der Waals surface area contributed by atoms with E-state index >= 15 is 0 Å². The van der Waals surface area contributed by atoms with E-state index in [2.05, 4.69) is 0 Å². The molecular formula is C13H19NO4. The van der Waals surface area contributed by atoms with Gasteiger partial charge in [0.25, 0.3) is 0 Å². The summed E-state index contributed by atoms with van der Waals surface area (Å²) in [6.45, 7) is 2.37. The number of ether oxygens (including phenoxy) is 2. The van der Waals surface area contributed by atoms with Gasteiger partial charge in [0.05, 0.1) is 13.7 Å². The minimum Gasteiger partial charge on any atom is -0.493 e. The summed E-state index contributed by atoms with van der Waals surface area (Å²) in [6.07, 6.45) is 0.395. The largest absolute Gasteiger partial charge is 0.493 e. The lowest BCUT2D eigenvalue weighted by atomic mass is 10.0. The number of carbonyl (C=O) groups is 1. The van der Waals surface area contributed by atoms with Crippen LogP contribution in [0.4, 0.5) is 0 Å². The van der Waals surface area contributed by atoms with E-state index in [1.807, 2.05) is 19.1 Å². The molecule has 0 aliphatic rings. The minimum atomic E-state index is -0.855. The van der Waals surface area contributed by atoms with Crippen LogP contribution in [-0.4, -0.2) is 24.8 Å². The zero-order chi connectivity index (χ0) is 13.5. The summed E-state index contributed by atoms with van der Waals surface area (Å²) < 4.78 is 10.8. The van der Waals surface area contributed by atoms with Crippen molar-refractivity contribution in [2.45, 2.75) is 25.8 Å². The molecule has 1 aromatic carbocycles. The highest BCUT2D eigenvalue weighted by atomic mass is 16.5. The Morgan fingerprint density at radius 2 is 2.22 bits per heavy atom. The molecule has 0 aliphatic carbocycles. The van der Waals surface area contributed by atoms with Gasteiger partial charge in [0.2, 0.25) is 0 Å². The van der Waals surface area contributed by atoms with Crippen molar-refractivity contribution in [2.75, 3.05) is 13.7 Å². The fraction of sp³-hybridized carbons (Fsp3) is 0.462. The van der Waals surface area contributed by atoms with Gasteiger partial charge < -0.3 is 20.3 Å². The summed E-state index contributed by atoms with van der Waals surface area (Å²) in [7, 11) is 1.56. The zero-order valence-corrected chi connectivity index (χ0v) is 10.7. The summed E-state index contributed by atoms with van der Waals surface area (Å²) >= 11 is 0. The molecule has 5 heteroatoms. The Morgan fingerprint density at radius 3 is 2.78 bits per heavy atom. The van der Waals surface area contributed by atoms with Crippen molar-refractivity contribution in [1.82, 2.24) is 0 Å². The van der Waals surface area contributed by atoms with Crippen LogP contribution in [-0.2, 0) is 4.79 Å². The van der Waals surface area contributed by atoms with Crippen LogP contribution in [0.2, 0.25) is 0 Å². The first kappa shape index (κ1) is 14.3. The van der Waals surface area contributed by atoms with E-state index < -0.39 is 5.97 Å². The molecule has 1 atom stereocenters. The molecule has 18 heavy (non-hydrogen) atoms. The molecule has 0 aliphatic heterocycles. The molecule has 100 valence electrons. The van der Waals surface area contributed by atoms with Gasteiger partial charge in [-0.15, -0.1) is 0 Å². The average Bonchev–Trinajstić information content (AvgIpc) is 2.36. The van der Waals surface area contributed by atoms with Gasteiger partial charge in [0.15, 0.2) is 11.5 Å². The zero-order valence-electron chi connectivity index (χ0n) is 10.7. The van der Waals surface area contributed by atoms with Crippen LogP contribution in [0.25, 0.3) is 0 Å². The van der Waals surface area contributed by atoms with Crippen molar-refractivity contribution in [3.8, 4) is 11.5 Å². The first-order valence-electron chi connectivity index (χ1n) is 5.87. The van der Waals surface area contributed by atoms with Gasteiger partial charge in [0, 0.05) is 18.0 Å². The molecular weight excluding hydrogens is 234 g/mol. The molecule has 3 N–H and O–H groups in total. The lowest BCUT2D eigenvalue weighted by Gasteiger charge is -2.18. The Balaban J connectivity index is 2.95. The average molecular weight is 253 g/mol. The van der Waals surface area contributed by atoms with E-state index in [-0.39, 0.29) is 12.5 Å². The number of carboxylic acids is 1. The van der Waals surface area contributed by atoms with Crippen molar-refractivity contribution in [2.24, 2.45) is 5.73 Å². The van der Waals surface area contributed by atoms with E-state index in [9.17, 15) is 4.79 Å². The monoisotopic (exact) mass is 253 g/mol. The maximum absolute atomic E-state index is 10.6. The summed E-state index contributed by atoms with van der Waals surface area (Å²) in [4.78, 5) is 10.6. The summed E-state index contributed by atoms with van der Waals surface area (Å²) in [6, 6.07) is 5.06. The van der Waals surface area contributed by atoms with Crippen molar-refractivity contribution in [3.63, 3.8) is 0 Å². The fourth-order valence-corrected chi connectivity index (χ4v) is 1.72. The van der Waals surface area contributed by atoms with Crippen LogP contribution in [0.3, 0.4) is 0 Å². The number of para-hydroxylation sites is 1. The number of rotatable bonds is 7. The number of hydrogen-bond acceptors (Lipinski definition) is 4. The first-order valence-corrected chi connectivity index (χ1v) is 5.87. The van der Waals surface area contributed by atoms with Crippen molar-refractivity contribution >= 4 is 5.97 Å². The van der Waals surface area contributed by atoms with Gasteiger partial charge in [-0.3, -0.25) is 4.79 Å². The first-order chi connectivity index (χ1) is 8.60. The van der Waals surface area contributed by atoms with E-state index in [0.717, 1.165) is 5.56 Å². The predicted octanol–water partition coefficient (Wildman–Crippen LogP) is 1.96. The number of carboxylic acid groups (broad SMARTS) is 1. The van der Waals surface area contributed by atoms with Gasteiger partial charge in [-0.1, -0.05) is 12.1 Å². The Morgan fingerprint density at radius 1 is 1.50 bits per heavy atom. The highest BCUT2D eigenvalue weighted by Crippen LogP contribution is 2.35. The molecule has 0 amide bonds. The van der Waals surface area contributed by atoms with Gasteiger partial charge in [-0.25, -0.2) is 0 Å². The second-order valence-corrected chi connectivity index (χ2v) is 3.85. The van der Waals surface area contributed by atoms with Crippen molar-refractivity contribution in [3.05, 3.63) is 23.8 Å². The Bertz CT molecular complexity index is 406. The van der Waals surface area contributed by atoms with E-state index in [4.69, 9.17) is 20.3 Å². The van der Waals surface area contributed by atoms with Gasteiger partial charge in [0.1, 0.15) is 0 Å². The third-order valence-corrected chi connectivity index (χ3v) is 2.59. The smallest absolute Gasteiger partial charge is 0.303 e. The second-order valence-electron chi connectivity index (χ2n) is 3.85. The predicted molar refractivity (Wildman–Crippen MR) is 68.0 cm³/mol. The van der Waals surface area contributed by atoms with Crippen LogP contribution in [0.15, 0.2) is 18.2 Å².